The zero-order valence-electron chi connectivity index (χ0n) is 30.5. The Kier molecular flexibility index (Phi) is 8.01. The first kappa shape index (κ1) is 33.3. The fourth-order valence-electron chi connectivity index (χ4n) is 10.3. The van der Waals surface area contributed by atoms with Crippen molar-refractivity contribution in [3.8, 4) is 0 Å². The fourth-order valence-corrected chi connectivity index (χ4v) is 10.3. The monoisotopic (exact) mass is 726 g/mol. The summed E-state index contributed by atoms with van der Waals surface area (Å²) in [6.45, 7) is 4.54. The summed E-state index contributed by atoms with van der Waals surface area (Å²) >= 11 is 0. The molecule has 6 heterocycles. The van der Waals surface area contributed by atoms with Gasteiger partial charge in [-0.05, 0) is 111 Å². The fraction of sp³-hybridized carbons (Fsp3) is 0.452. The SMILES string of the molecule is Nc1cccc2c1c(=O)nc1n(C3CCCC3)c3cc(N4CCC(N5CCC(c6ccc7c(c6)CN(C6CCC(=O)NC6=O)C7=O)CC5)CC4)ccc3n21. The number of aromatic nitrogens is 3. The smallest absolute Gasteiger partial charge is 0.284 e. The second-order valence-electron chi connectivity index (χ2n) is 16.1. The highest BCUT2D eigenvalue weighted by Gasteiger charge is 2.39. The molecule has 1 unspecified atom stereocenters. The van der Waals surface area contributed by atoms with Crippen LogP contribution in [0.4, 0.5) is 11.4 Å². The molecule has 5 aromatic rings. The summed E-state index contributed by atoms with van der Waals surface area (Å²) < 4.78 is 4.47. The lowest BCUT2D eigenvalue weighted by atomic mass is 9.86. The number of anilines is 2. The molecule has 5 aliphatic rings. The van der Waals surface area contributed by atoms with Crippen molar-refractivity contribution in [2.75, 3.05) is 36.8 Å². The summed E-state index contributed by atoms with van der Waals surface area (Å²) in [5.41, 5.74) is 13.7. The van der Waals surface area contributed by atoms with Crippen LogP contribution >= 0.6 is 0 Å². The minimum absolute atomic E-state index is 0.115. The minimum Gasteiger partial charge on any atom is -0.398 e. The number of benzene rings is 3. The number of amides is 3. The number of hydrogen-bond donors (Lipinski definition) is 2. The molecule has 1 atom stereocenters. The zero-order valence-corrected chi connectivity index (χ0v) is 30.5. The van der Waals surface area contributed by atoms with Gasteiger partial charge in [-0.15, -0.1) is 0 Å². The van der Waals surface area contributed by atoms with Crippen molar-refractivity contribution in [2.24, 2.45) is 0 Å². The Balaban J connectivity index is 0.821. The molecule has 3 aromatic carbocycles. The maximum absolute atomic E-state index is 13.3. The maximum atomic E-state index is 13.3. The predicted octanol–water partition coefficient (Wildman–Crippen LogP) is 5.11. The molecule has 12 heteroatoms. The second-order valence-corrected chi connectivity index (χ2v) is 16.1. The quantitative estimate of drug-likeness (QED) is 0.188. The number of imide groups is 1. The Hall–Kier alpha value is -5.23. The number of fused-ring (bicyclic) bond motifs is 6. The average Bonchev–Trinajstić information content (AvgIpc) is 3.91. The van der Waals surface area contributed by atoms with E-state index in [9.17, 15) is 19.2 Å². The molecule has 3 saturated heterocycles. The number of carbonyl (C=O) groups is 3. The highest BCUT2D eigenvalue weighted by atomic mass is 16.2. The van der Waals surface area contributed by atoms with Crippen molar-refractivity contribution < 1.29 is 14.4 Å². The molecule has 4 aliphatic heterocycles. The van der Waals surface area contributed by atoms with E-state index in [4.69, 9.17) is 5.73 Å². The number of nitrogens with zero attached hydrogens (tertiary/aromatic N) is 6. The van der Waals surface area contributed by atoms with Crippen molar-refractivity contribution in [3.05, 3.63) is 81.6 Å². The highest BCUT2D eigenvalue weighted by molar-refractivity contribution is 6.05. The lowest BCUT2D eigenvalue weighted by molar-refractivity contribution is -0.136. The zero-order chi connectivity index (χ0) is 36.7. The van der Waals surface area contributed by atoms with Gasteiger partial charge in [-0.1, -0.05) is 31.0 Å². The number of likely N-dealkylation sites (tertiary alicyclic amines) is 1. The van der Waals surface area contributed by atoms with Gasteiger partial charge in [-0.25, -0.2) is 0 Å². The molecule has 4 fully saturated rings. The van der Waals surface area contributed by atoms with Crippen molar-refractivity contribution in [1.29, 1.82) is 0 Å². The Morgan fingerprint density at radius 1 is 0.759 bits per heavy atom. The van der Waals surface area contributed by atoms with E-state index in [2.05, 4.69) is 59.4 Å². The van der Waals surface area contributed by atoms with E-state index in [-0.39, 0.29) is 29.7 Å². The third kappa shape index (κ3) is 5.39. The molecular weight excluding hydrogens is 681 g/mol. The van der Waals surface area contributed by atoms with Gasteiger partial charge in [-0.2, -0.15) is 4.98 Å². The molecule has 10 rings (SSSR count). The summed E-state index contributed by atoms with van der Waals surface area (Å²) in [6, 6.07) is 19.0. The Morgan fingerprint density at radius 3 is 2.33 bits per heavy atom. The van der Waals surface area contributed by atoms with E-state index in [1.54, 1.807) is 11.0 Å². The van der Waals surface area contributed by atoms with Gasteiger partial charge in [0.15, 0.2) is 0 Å². The lowest BCUT2D eigenvalue weighted by Gasteiger charge is -2.42. The van der Waals surface area contributed by atoms with Crippen molar-refractivity contribution in [1.82, 2.24) is 29.1 Å². The van der Waals surface area contributed by atoms with E-state index in [0.717, 1.165) is 86.8 Å². The van der Waals surface area contributed by atoms with Gasteiger partial charge in [0.1, 0.15) is 6.04 Å². The first-order chi connectivity index (χ1) is 26.3. The van der Waals surface area contributed by atoms with Crippen LogP contribution in [0.2, 0.25) is 0 Å². The van der Waals surface area contributed by atoms with Gasteiger partial charge < -0.3 is 25.0 Å². The average molecular weight is 727 g/mol. The largest absolute Gasteiger partial charge is 0.398 e. The molecular formula is C42H46N8O4. The summed E-state index contributed by atoms with van der Waals surface area (Å²) in [7, 11) is 0. The standard InChI is InChI=1S/C42H46N8O4/c43-32-6-3-7-34-38(32)40(53)45-42-49(29-4-1-2-5-29)36-23-30(9-11-33(36)50(34)42)47-20-16-28(17-21-47)46-18-14-25(15-19-46)26-8-10-31-27(22-26)24-48(41(31)54)35-12-13-37(51)44-39(35)52/h3,6-11,22-23,25,28-29,35H,1-2,4-5,12-21,24,43H2,(H,44,51,52). The maximum Gasteiger partial charge on any atom is 0.284 e. The van der Waals surface area contributed by atoms with Gasteiger partial charge in [0.05, 0.1) is 21.9 Å². The third-order valence-corrected chi connectivity index (χ3v) is 13.2. The summed E-state index contributed by atoms with van der Waals surface area (Å²) in [6.07, 6.45) is 9.60. The molecule has 0 radical (unpaired) electrons. The van der Waals surface area contributed by atoms with Gasteiger partial charge in [-0.3, -0.25) is 28.9 Å². The van der Waals surface area contributed by atoms with Crippen LogP contribution in [0.3, 0.4) is 0 Å². The molecule has 54 heavy (non-hydrogen) atoms. The van der Waals surface area contributed by atoms with E-state index in [1.807, 2.05) is 18.2 Å². The van der Waals surface area contributed by atoms with Crippen LogP contribution in [0, 0.1) is 0 Å². The number of carbonyl (C=O) groups excluding carboxylic acids is 3. The molecule has 2 aromatic heterocycles. The van der Waals surface area contributed by atoms with Gasteiger partial charge in [0, 0.05) is 55.1 Å². The van der Waals surface area contributed by atoms with E-state index >= 15 is 0 Å². The highest BCUT2D eigenvalue weighted by Crippen LogP contribution is 2.39. The predicted molar refractivity (Wildman–Crippen MR) is 208 cm³/mol. The van der Waals surface area contributed by atoms with Crippen LogP contribution in [0.1, 0.15) is 97.7 Å². The number of hydrogen-bond acceptors (Lipinski definition) is 8. The Morgan fingerprint density at radius 2 is 1.56 bits per heavy atom. The van der Waals surface area contributed by atoms with Gasteiger partial charge >= 0.3 is 0 Å². The first-order valence-corrected chi connectivity index (χ1v) is 19.8. The molecule has 278 valence electrons. The normalized spacial score (nSPS) is 22.3. The molecule has 1 saturated carbocycles. The van der Waals surface area contributed by atoms with E-state index in [1.165, 1.54) is 24.1 Å². The van der Waals surface area contributed by atoms with Crippen LogP contribution in [0.25, 0.3) is 27.7 Å². The number of imidazole rings is 1. The van der Waals surface area contributed by atoms with Crippen LogP contribution in [0.15, 0.2) is 59.4 Å². The summed E-state index contributed by atoms with van der Waals surface area (Å²) in [4.78, 5) is 62.1. The van der Waals surface area contributed by atoms with Crippen LogP contribution in [-0.2, 0) is 16.1 Å². The number of piperidine rings is 3. The lowest BCUT2D eigenvalue weighted by Crippen LogP contribution is -2.52. The number of nitrogens with two attached hydrogens (primary N) is 1. The van der Waals surface area contributed by atoms with Crippen LogP contribution < -0.4 is 21.5 Å². The van der Waals surface area contributed by atoms with Gasteiger partial charge in [0.2, 0.25) is 17.6 Å². The molecule has 3 N–H and O–H groups in total. The van der Waals surface area contributed by atoms with Crippen molar-refractivity contribution >= 4 is 56.8 Å². The number of rotatable bonds is 5. The summed E-state index contributed by atoms with van der Waals surface area (Å²) in [5, 5.41) is 2.88. The Labute approximate surface area is 312 Å². The topological polar surface area (TPSA) is 138 Å². The van der Waals surface area contributed by atoms with Crippen LogP contribution in [-0.4, -0.2) is 79.7 Å². The second kappa shape index (κ2) is 13.0. The van der Waals surface area contributed by atoms with Gasteiger partial charge in [0.25, 0.3) is 11.5 Å². The molecule has 3 amide bonds. The third-order valence-electron chi connectivity index (χ3n) is 13.2. The van der Waals surface area contributed by atoms with Crippen LogP contribution in [0.5, 0.6) is 0 Å². The molecule has 12 nitrogen and oxygen atoms in total. The van der Waals surface area contributed by atoms with E-state index in [0.29, 0.717) is 53.4 Å². The minimum atomic E-state index is -0.585. The summed E-state index contributed by atoms with van der Waals surface area (Å²) in [5.74, 6) is 0.406. The number of nitrogens with one attached hydrogen (secondary N) is 1. The van der Waals surface area contributed by atoms with Crippen molar-refractivity contribution in [2.45, 2.75) is 94.8 Å². The molecule has 0 spiro atoms. The number of nitrogen functional groups attached to an aromatic ring is 1. The van der Waals surface area contributed by atoms with Crippen molar-refractivity contribution in [3.63, 3.8) is 0 Å². The Bertz CT molecular complexity index is 2410. The molecule has 1 aliphatic carbocycles. The first-order valence-electron chi connectivity index (χ1n) is 19.8. The molecule has 0 bridgehead atoms. The van der Waals surface area contributed by atoms with E-state index < -0.39 is 6.04 Å².